The van der Waals surface area contributed by atoms with E-state index >= 15 is 0 Å². The van der Waals surface area contributed by atoms with Gasteiger partial charge in [-0.05, 0) is 49.3 Å². The zero-order chi connectivity index (χ0) is 16.6. The fourth-order valence-electron chi connectivity index (χ4n) is 3.01. The van der Waals surface area contributed by atoms with Crippen LogP contribution in [0.5, 0.6) is 0 Å². The molecule has 2 aliphatic rings. The zero-order valence-corrected chi connectivity index (χ0v) is 14.4. The molecule has 1 unspecified atom stereocenters. The molecule has 0 spiro atoms. The summed E-state index contributed by atoms with van der Waals surface area (Å²) in [6.45, 7) is 8.27. The van der Waals surface area contributed by atoms with E-state index in [2.05, 4.69) is 42.2 Å². The van der Waals surface area contributed by atoms with Gasteiger partial charge in [0.2, 0.25) is 0 Å². The van der Waals surface area contributed by atoms with Crippen molar-refractivity contribution < 1.29 is 4.79 Å². The van der Waals surface area contributed by atoms with Gasteiger partial charge in [0.25, 0.3) is 5.91 Å². The lowest BCUT2D eigenvalue weighted by Gasteiger charge is -2.33. The molecule has 2 N–H and O–H groups in total. The summed E-state index contributed by atoms with van der Waals surface area (Å²) in [5, 5.41) is 9.78. The molecule has 5 nitrogen and oxygen atoms in total. The SMILES string of the molecule is C=NN=C(C=C(N)C(=O)N1CCc2sccc2C1C)C1(C)CC1. The summed E-state index contributed by atoms with van der Waals surface area (Å²) in [7, 11) is 0. The van der Waals surface area contributed by atoms with Crippen molar-refractivity contribution in [2.45, 2.75) is 39.2 Å². The predicted molar refractivity (Wildman–Crippen MR) is 94.7 cm³/mol. The molecule has 23 heavy (non-hydrogen) atoms. The lowest BCUT2D eigenvalue weighted by Crippen LogP contribution is -2.40. The third kappa shape index (κ3) is 2.95. The molecule has 0 bridgehead atoms. The first-order valence-electron chi connectivity index (χ1n) is 7.85. The van der Waals surface area contributed by atoms with Gasteiger partial charge in [0.05, 0.1) is 17.5 Å². The third-order valence-electron chi connectivity index (χ3n) is 4.87. The molecule has 1 aliphatic carbocycles. The Balaban J connectivity index is 1.81. The maximum Gasteiger partial charge on any atom is 0.270 e. The maximum absolute atomic E-state index is 12.8. The van der Waals surface area contributed by atoms with Crippen LogP contribution in [0.25, 0.3) is 0 Å². The van der Waals surface area contributed by atoms with Gasteiger partial charge >= 0.3 is 0 Å². The Morgan fingerprint density at radius 2 is 2.30 bits per heavy atom. The number of hydrogen-bond acceptors (Lipinski definition) is 5. The Bertz CT molecular complexity index is 699. The summed E-state index contributed by atoms with van der Waals surface area (Å²) in [4.78, 5) is 16.0. The van der Waals surface area contributed by atoms with Gasteiger partial charge < -0.3 is 10.6 Å². The molecular weight excluding hydrogens is 308 g/mol. The average molecular weight is 330 g/mol. The van der Waals surface area contributed by atoms with Crippen molar-refractivity contribution >= 4 is 29.7 Å². The Kier molecular flexibility index (Phi) is 4.10. The van der Waals surface area contributed by atoms with E-state index in [-0.39, 0.29) is 23.1 Å². The van der Waals surface area contributed by atoms with Gasteiger partial charge in [0, 0.05) is 23.6 Å². The summed E-state index contributed by atoms with van der Waals surface area (Å²) >= 11 is 1.76. The highest BCUT2D eigenvalue weighted by Gasteiger charge is 2.42. The number of carbonyl (C=O) groups is 1. The van der Waals surface area contributed by atoms with E-state index in [1.165, 1.54) is 10.4 Å². The van der Waals surface area contributed by atoms with E-state index in [1.807, 2.05) is 4.90 Å². The minimum Gasteiger partial charge on any atom is -0.394 e. The van der Waals surface area contributed by atoms with Gasteiger partial charge in [0.15, 0.2) is 0 Å². The molecular formula is C17H22N4OS. The number of rotatable bonds is 4. The molecule has 0 saturated heterocycles. The molecule has 122 valence electrons. The van der Waals surface area contributed by atoms with Crippen molar-refractivity contribution in [1.29, 1.82) is 0 Å². The fourth-order valence-corrected chi connectivity index (χ4v) is 3.97. The Labute approximate surface area is 140 Å². The van der Waals surface area contributed by atoms with Crippen LogP contribution in [0, 0.1) is 5.41 Å². The molecule has 0 aromatic carbocycles. The largest absolute Gasteiger partial charge is 0.394 e. The van der Waals surface area contributed by atoms with E-state index in [0.29, 0.717) is 6.54 Å². The predicted octanol–water partition coefficient (Wildman–Crippen LogP) is 2.89. The first-order chi connectivity index (χ1) is 11.0. The Morgan fingerprint density at radius 3 is 2.96 bits per heavy atom. The average Bonchev–Trinajstić information content (AvgIpc) is 3.09. The molecule has 6 heteroatoms. The normalized spacial score (nSPS) is 23.4. The lowest BCUT2D eigenvalue weighted by atomic mass is 9.99. The van der Waals surface area contributed by atoms with Crippen LogP contribution < -0.4 is 5.73 Å². The summed E-state index contributed by atoms with van der Waals surface area (Å²) in [6.07, 6.45) is 4.65. The van der Waals surface area contributed by atoms with Crippen LogP contribution in [-0.2, 0) is 11.2 Å². The van der Waals surface area contributed by atoms with Crippen LogP contribution in [-0.4, -0.2) is 29.8 Å². The van der Waals surface area contributed by atoms with Crippen LogP contribution in [0.4, 0.5) is 0 Å². The molecule has 0 radical (unpaired) electrons. The minimum atomic E-state index is -0.129. The smallest absolute Gasteiger partial charge is 0.270 e. The van der Waals surface area contributed by atoms with Gasteiger partial charge in [0.1, 0.15) is 0 Å². The lowest BCUT2D eigenvalue weighted by molar-refractivity contribution is -0.129. The number of nitrogens with two attached hydrogens (primary N) is 1. The summed E-state index contributed by atoms with van der Waals surface area (Å²) in [6, 6.07) is 2.16. The fraction of sp³-hybridized carbons (Fsp3) is 0.471. The molecule has 3 rings (SSSR count). The molecule has 1 aromatic heterocycles. The number of thiophene rings is 1. The van der Waals surface area contributed by atoms with E-state index in [9.17, 15) is 4.79 Å². The zero-order valence-electron chi connectivity index (χ0n) is 13.6. The van der Waals surface area contributed by atoms with Crippen molar-refractivity contribution in [3.8, 4) is 0 Å². The number of nitrogens with zero attached hydrogens (tertiary/aromatic N) is 3. The Hall–Kier alpha value is -1.95. The van der Waals surface area contributed by atoms with Crippen molar-refractivity contribution in [2.24, 2.45) is 21.4 Å². The van der Waals surface area contributed by atoms with Gasteiger partial charge in [-0.15, -0.1) is 11.3 Å². The Morgan fingerprint density at radius 1 is 1.57 bits per heavy atom. The first-order valence-corrected chi connectivity index (χ1v) is 8.73. The molecule has 1 aromatic rings. The number of amides is 1. The van der Waals surface area contributed by atoms with Crippen molar-refractivity contribution in [1.82, 2.24) is 4.90 Å². The quantitative estimate of drug-likeness (QED) is 0.524. The van der Waals surface area contributed by atoms with E-state index in [0.717, 1.165) is 25.0 Å². The van der Waals surface area contributed by atoms with Gasteiger partial charge in [-0.25, -0.2) is 0 Å². The second-order valence-corrected chi connectivity index (χ2v) is 7.51. The first kappa shape index (κ1) is 15.9. The standard InChI is InChI=1S/C17H22N4OS/c1-11-12-5-9-23-14(12)4-8-21(11)16(22)13(18)10-15(20-19-3)17(2)6-7-17/h5,9-11H,3-4,6-8,18H2,1-2H3. The molecule has 1 fully saturated rings. The van der Waals surface area contributed by atoms with Crippen LogP contribution in [0.3, 0.4) is 0 Å². The highest BCUT2D eigenvalue weighted by atomic mass is 32.1. The minimum absolute atomic E-state index is 0.0138. The van der Waals surface area contributed by atoms with E-state index < -0.39 is 0 Å². The summed E-state index contributed by atoms with van der Waals surface area (Å²) in [5.41, 5.74) is 8.29. The van der Waals surface area contributed by atoms with Crippen molar-refractivity contribution in [2.75, 3.05) is 6.54 Å². The molecule has 1 amide bonds. The second-order valence-electron chi connectivity index (χ2n) is 6.51. The van der Waals surface area contributed by atoms with Crippen molar-refractivity contribution in [3.05, 3.63) is 33.7 Å². The number of fused-ring (bicyclic) bond motifs is 1. The molecule has 1 atom stereocenters. The van der Waals surface area contributed by atoms with Gasteiger partial charge in [-0.2, -0.15) is 10.2 Å². The molecule has 2 heterocycles. The topological polar surface area (TPSA) is 71.0 Å². The number of allylic oxidation sites excluding steroid dienone is 1. The second kappa shape index (κ2) is 5.92. The number of hydrogen-bond donors (Lipinski definition) is 1. The highest BCUT2D eigenvalue weighted by Crippen LogP contribution is 2.47. The van der Waals surface area contributed by atoms with E-state index in [1.54, 1.807) is 17.4 Å². The van der Waals surface area contributed by atoms with Gasteiger partial charge in [-0.3, -0.25) is 4.79 Å². The number of carbonyl (C=O) groups excluding carboxylic acids is 1. The molecule has 1 saturated carbocycles. The van der Waals surface area contributed by atoms with Crippen molar-refractivity contribution in [3.63, 3.8) is 0 Å². The van der Waals surface area contributed by atoms with Crippen LogP contribution in [0.2, 0.25) is 0 Å². The monoisotopic (exact) mass is 330 g/mol. The maximum atomic E-state index is 12.8. The van der Waals surface area contributed by atoms with E-state index in [4.69, 9.17) is 5.73 Å². The molecule has 1 aliphatic heterocycles. The summed E-state index contributed by atoms with van der Waals surface area (Å²) < 4.78 is 0. The van der Waals surface area contributed by atoms with Gasteiger partial charge in [-0.1, -0.05) is 6.92 Å². The van der Waals surface area contributed by atoms with Crippen LogP contribution in [0.1, 0.15) is 43.2 Å². The summed E-state index contributed by atoms with van der Waals surface area (Å²) in [5.74, 6) is -0.129. The highest BCUT2D eigenvalue weighted by molar-refractivity contribution is 7.10. The van der Waals surface area contributed by atoms with Crippen LogP contribution >= 0.6 is 11.3 Å². The van der Waals surface area contributed by atoms with Crippen LogP contribution in [0.15, 0.2) is 33.4 Å². The third-order valence-corrected chi connectivity index (χ3v) is 5.87.